The summed E-state index contributed by atoms with van der Waals surface area (Å²) in [5, 5.41) is 0.991. The van der Waals surface area contributed by atoms with Crippen molar-refractivity contribution >= 4 is 16.8 Å². The lowest BCUT2D eigenvalue weighted by Gasteiger charge is -2.38. The number of rotatable bonds is 3. The molecule has 1 aromatic carbocycles. The van der Waals surface area contributed by atoms with E-state index in [2.05, 4.69) is 0 Å². The van der Waals surface area contributed by atoms with E-state index in [4.69, 9.17) is 10.2 Å². The largest absolute Gasteiger partial charge is 0.453 e. The van der Waals surface area contributed by atoms with Gasteiger partial charge in [0.25, 0.3) is 0 Å². The number of aryl methyl sites for hydroxylation is 1. The summed E-state index contributed by atoms with van der Waals surface area (Å²) in [6, 6.07) is 7.78. The molecule has 0 saturated heterocycles. The van der Waals surface area contributed by atoms with Crippen LogP contribution in [0.5, 0.6) is 0 Å². The van der Waals surface area contributed by atoms with Crippen LogP contribution in [0.2, 0.25) is 0 Å². The van der Waals surface area contributed by atoms with Gasteiger partial charge in [-0.3, -0.25) is 4.79 Å². The molecule has 18 heavy (non-hydrogen) atoms. The summed E-state index contributed by atoms with van der Waals surface area (Å²) in [5.41, 5.74) is 7.34. The SMILES string of the molecule is Cc1ccc2oc(C(=O)C3(CN)CCC3)cc2c1. The van der Waals surface area contributed by atoms with Gasteiger partial charge in [0.2, 0.25) is 5.78 Å². The molecule has 1 aliphatic carbocycles. The molecule has 1 aliphatic rings. The number of carbonyl (C=O) groups is 1. The lowest BCUT2D eigenvalue weighted by molar-refractivity contribution is 0.0606. The number of furan rings is 1. The molecule has 2 N–H and O–H groups in total. The van der Waals surface area contributed by atoms with E-state index in [1.165, 1.54) is 5.56 Å². The topological polar surface area (TPSA) is 56.2 Å². The number of hydrogen-bond donors (Lipinski definition) is 1. The highest BCUT2D eigenvalue weighted by atomic mass is 16.3. The Morgan fingerprint density at radius 1 is 1.39 bits per heavy atom. The van der Waals surface area contributed by atoms with Crippen LogP contribution in [0, 0.1) is 12.3 Å². The van der Waals surface area contributed by atoms with Crippen LogP contribution in [0.1, 0.15) is 35.4 Å². The van der Waals surface area contributed by atoms with Crippen molar-refractivity contribution in [2.24, 2.45) is 11.1 Å². The fourth-order valence-electron chi connectivity index (χ4n) is 2.66. The van der Waals surface area contributed by atoms with Crippen molar-refractivity contribution in [1.29, 1.82) is 0 Å². The molecular formula is C15H17NO2. The highest BCUT2D eigenvalue weighted by Crippen LogP contribution is 2.43. The van der Waals surface area contributed by atoms with Gasteiger partial charge >= 0.3 is 0 Å². The average molecular weight is 243 g/mol. The number of carbonyl (C=O) groups excluding carboxylic acids is 1. The van der Waals surface area contributed by atoms with Crippen molar-refractivity contribution < 1.29 is 9.21 Å². The summed E-state index contributed by atoms with van der Waals surface area (Å²) in [4.78, 5) is 12.5. The molecule has 0 atom stereocenters. The first-order chi connectivity index (χ1) is 8.64. The van der Waals surface area contributed by atoms with Crippen LogP contribution in [-0.4, -0.2) is 12.3 Å². The fraction of sp³-hybridized carbons (Fsp3) is 0.400. The van der Waals surface area contributed by atoms with Gasteiger partial charge in [0.05, 0.1) is 0 Å². The highest BCUT2D eigenvalue weighted by Gasteiger charge is 2.44. The molecular weight excluding hydrogens is 226 g/mol. The van der Waals surface area contributed by atoms with Crippen LogP contribution < -0.4 is 5.73 Å². The van der Waals surface area contributed by atoms with Gasteiger partial charge in [-0.25, -0.2) is 0 Å². The third-order valence-corrected chi connectivity index (χ3v) is 4.08. The number of nitrogens with two attached hydrogens (primary N) is 1. The van der Waals surface area contributed by atoms with Crippen LogP contribution in [0.3, 0.4) is 0 Å². The molecule has 1 heterocycles. The molecule has 0 spiro atoms. The Morgan fingerprint density at radius 3 is 2.78 bits per heavy atom. The van der Waals surface area contributed by atoms with Gasteiger partial charge in [-0.2, -0.15) is 0 Å². The Kier molecular flexibility index (Phi) is 2.52. The van der Waals surface area contributed by atoms with Crippen molar-refractivity contribution in [2.45, 2.75) is 26.2 Å². The van der Waals surface area contributed by atoms with Crippen molar-refractivity contribution in [1.82, 2.24) is 0 Å². The minimum atomic E-state index is -0.358. The lowest BCUT2D eigenvalue weighted by atomic mass is 9.65. The van der Waals surface area contributed by atoms with E-state index >= 15 is 0 Å². The Hall–Kier alpha value is -1.61. The van der Waals surface area contributed by atoms with Crippen LogP contribution in [0.4, 0.5) is 0 Å². The molecule has 0 bridgehead atoms. The number of fused-ring (bicyclic) bond motifs is 1. The molecule has 1 aromatic heterocycles. The van der Waals surface area contributed by atoms with Crippen molar-refractivity contribution in [2.75, 3.05) is 6.54 Å². The van der Waals surface area contributed by atoms with Gasteiger partial charge in [0.15, 0.2) is 5.76 Å². The molecule has 3 nitrogen and oxygen atoms in total. The predicted molar refractivity (Wildman–Crippen MR) is 70.6 cm³/mol. The van der Waals surface area contributed by atoms with E-state index in [9.17, 15) is 4.79 Å². The van der Waals surface area contributed by atoms with Crippen molar-refractivity contribution in [3.8, 4) is 0 Å². The Labute approximate surface area is 106 Å². The van der Waals surface area contributed by atoms with Gasteiger partial charge in [-0.15, -0.1) is 0 Å². The van der Waals surface area contributed by atoms with Crippen LogP contribution in [0.15, 0.2) is 28.7 Å². The molecule has 94 valence electrons. The van der Waals surface area contributed by atoms with Gasteiger partial charge in [0.1, 0.15) is 5.58 Å². The van der Waals surface area contributed by atoms with Gasteiger partial charge in [-0.05, 0) is 38.0 Å². The number of ketones is 1. The third-order valence-electron chi connectivity index (χ3n) is 4.08. The summed E-state index contributed by atoms with van der Waals surface area (Å²) >= 11 is 0. The zero-order chi connectivity index (χ0) is 12.8. The monoisotopic (exact) mass is 243 g/mol. The zero-order valence-corrected chi connectivity index (χ0v) is 10.5. The second-order valence-electron chi connectivity index (χ2n) is 5.32. The highest BCUT2D eigenvalue weighted by molar-refractivity contribution is 6.02. The fourth-order valence-corrected chi connectivity index (χ4v) is 2.66. The first kappa shape index (κ1) is 11.5. The lowest BCUT2D eigenvalue weighted by Crippen LogP contribution is -2.44. The molecule has 0 radical (unpaired) electrons. The van der Waals surface area contributed by atoms with E-state index in [1.54, 1.807) is 0 Å². The standard InChI is InChI=1S/C15H17NO2/c1-10-3-4-12-11(7-10)8-13(18-12)14(17)15(9-16)5-2-6-15/h3-4,7-8H,2,5-6,9,16H2,1H3. The minimum absolute atomic E-state index is 0.0742. The van der Waals surface area contributed by atoms with Gasteiger partial charge in [0, 0.05) is 17.3 Å². The second-order valence-corrected chi connectivity index (χ2v) is 5.32. The smallest absolute Gasteiger partial charge is 0.205 e. The normalized spacial score (nSPS) is 17.7. The summed E-state index contributed by atoms with van der Waals surface area (Å²) in [6.45, 7) is 2.45. The molecule has 1 fully saturated rings. The second kappa shape index (κ2) is 3.95. The summed E-state index contributed by atoms with van der Waals surface area (Å²) in [5.74, 6) is 0.533. The minimum Gasteiger partial charge on any atom is -0.453 e. The number of hydrogen-bond acceptors (Lipinski definition) is 3. The molecule has 0 amide bonds. The third kappa shape index (κ3) is 1.58. The zero-order valence-electron chi connectivity index (χ0n) is 10.5. The summed E-state index contributed by atoms with van der Waals surface area (Å²) < 4.78 is 5.66. The van der Waals surface area contributed by atoms with Crippen molar-refractivity contribution in [3.63, 3.8) is 0 Å². The maximum atomic E-state index is 12.5. The number of benzene rings is 1. The van der Waals surface area contributed by atoms with E-state index in [0.29, 0.717) is 12.3 Å². The maximum absolute atomic E-state index is 12.5. The predicted octanol–water partition coefficient (Wildman–Crippen LogP) is 3.05. The first-order valence-corrected chi connectivity index (χ1v) is 6.40. The molecule has 2 aromatic rings. The first-order valence-electron chi connectivity index (χ1n) is 6.40. The molecule has 1 saturated carbocycles. The molecule has 3 heteroatoms. The van der Waals surface area contributed by atoms with Crippen LogP contribution in [-0.2, 0) is 0 Å². The van der Waals surface area contributed by atoms with Gasteiger partial charge < -0.3 is 10.2 Å². The molecule has 0 unspecified atom stereocenters. The Bertz CT molecular complexity index is 602. The van der Waals surface area contributed by atoms with E-state index in [1.807, 2.05) is 31.2 Å². The molecule has 3 rings (SSSR count). The Morgan fingerprint density at radius 2 is 2.17 bits per heavy atom. The number of Topliss-reactive ketones (excluding diaryl/α,β-unsaturated/α-hetero) is 1. The summed E-state index contributed by atoms with van der Waals surface area (Å²) in [6.07, 6.45) is 2.86. The Balaban J connectivity index is 2.01. The summed E-state index contributed by atoms with van der Waals surface area (Å²) in [7, 11) is 0. The van der Waals surface area contributed by atoms with Crippen LogP contribution >= 0.6 is 0 Å². The van der Waals surface area contributed by atoms with E-state index in [0.717, 1.165) is 30.2 Å². The van der Waals surface area contributed by atoms with E-state index < -0.39 is 0 Å². The average Bonchev–Trinajstić information content (AvgIpc) is 2.70. The van der Waals surface area contributed by atoms with Crippen LogP contribution in [0.25, 0.3) is 11.0 Å². The van der Waals surface area contributed by atoms with E-state index in [-0.39, 0.29) is 11.2 Å². The quantitative estimate of drug-likeness (QED) is 0.843. The maximum Gasteiger partial charge on any atom is 0.205 e. The van der Waals surface area contributed by atoms with Gasteiger partial charge in [-0.1, -0.05) is 18.1 Å². The van der Waals surface area contributed by atoms with Crippen molar-refractivity contribution in [3.05, 3.63) is 35.6 Å². The molecule has 0 aliphatic heterocycles.